The van der Waals surface area contributed by atoms with E-state index in [1.807, 2.05) is 0 Å². The van der Waals surface area contributed by atoms with Gasteiger partial charge in [-0.3, -0.25) is 4.79 Å². The van der Waals surface area contributed by atoms with Gasteiger partial charge in [0.15, 0.2) is 0 Å². The van der Waals surface area contributed by atoms with Crippen LogP contribution in [-0.4, -0.2) is 42.0 Å². The Morgan fingerprint density at radius 1 is 1.03 bits per heavy atom. The van der Waals surface area contributed by atoms with Crippen molar-refractivity contribution in [2.24, 2.45) is 0 Å². The Labute approximate surface area is 198 Å². The minimum absolute atomic E-state index is 0.0828. The van der Waals surface area contributed by atoms with Crippen molar-refractivity contribution in [2.75, 3.05) is 31.1 Å². The molecule has 1 aliphatic heterocycles. The van der Waals surface area contributed by atoms with Crippen LogP contribution in [0.25, 0.3) is 0 Å². The van der Waals surface area contributed by atoms with Crippen molar-refractivity contribution in [1.29, 1.82) is 0 Å². The number of aromatic nitrogens is 1. The first kappa shape index (κ1) is 23.8. The zero-order chi connectivity index (χ0) is 24.3. The molecule has 0 saturated carbocycles. The highest BCUT2D eigenvalue weighted by Gasteiger charge is 2.32. The first-order valence-corrected chi connectivity index (χ1v) is 10.8. The van der Waals surface area contributed by atoms with E-state index < -0.39 is 11.7 Å². The largest absolute Gasteiger partial charge is 0.489 e. The van der Waals surface area contributed by atoms with E-state index in [0.717, 1.165) is 17.8 Å². The summed E-state index contributed by atoms with van der Waals surface area (Å²) >= 11 is 6.05. The highest BCUT2D eigenvalue weighted by atomic mass is 35.5. The first-order valence-electron chi connectivity index (χ1n) is 10.4. The standard InChI is InChI=1S/C24H20ClF4N3O2/c25-21-13-18(24(27,28)29)14-30-22(21)31-8-10-32(11-9-31)23(33)17-2-1-3-20(12-17)34-15-16-4-6-19(26)7-5-16/h1-7,12-14H,8-11,15H2. The van der Waals surface area contributed by atoms with E-state index in [2.05, 4.69) is 4.98 Å². The third kappa shape index (κ3) is 5.59. The molecular formula is C24H20ClF4N3O2. The van der Waals surface area contributed by atoms with Gasteiger partial charge in [-0.1, -0.05) is 29.8 Å². The number of nitrogens with zero attached hydrogens (tertiary/aromatic N) is 3. The molecule has 34 heavy (non-hydrogen) atoms. The summed E-state index contributed by atoms with van der Waals surface area (Å²) in [6.07, 6.45) is -3.76. The predicted octanol–water partition coefficient (Wildman–Crippen LogP) is 5.43. The Morgan fingerprint density at radius 3 is 2.38 bits per heavy atom. The molecular weight excluding hydrogens is 474 g/mol. The number of hydrogen-bond acceptors (Lipinski definition) is 4. The van der Waals surface area contributed by atoms with Crippen molar-refractivity contribution in [3.8, 4) is 5.75 Å². The minimum Gasteiger partial charge on any atom is -0.489 e. The number of carbonyl (C=O) groups excluding carboxylic acids is 1. The molecule has 1 aliphatic rings. The number of hydrogen-bond donors (Lipinski definition) is 0. The second-order valence-electron chi connectivity index (χ2n) is 7.75. The number of halogens is 5. The summed E-state index contributed by atoms with van der Waals surface area (Å²) < 4.78 is 57.3. The highest BCUT2D eigenvalue weighted by Crippen LogP contribution is 2.33. The Hall–Kier alpha value is -3.33. The van der Waals surface area contributed by atoms with Gasteiger partial charge in [0, 0.05) is 37.9 Å². The number of anilines is 1. The molecule has 1 fully saturated rings. The molecule has 2 aromatic carbocycles. The summed E-state index contributed by atoms with van der Waals surface area (Å²) in [5, 5.41) is -0.0828. The molecule has 0 bridgehead atoms. The van der Waals surface area contributed by atoms with Crippen molar-refractivity contribution in [1.82, 2.24) is 9.88 Å². The molecule has 10 heteroatoms. The fourth-order valence-corrected chi connectivity index (χ4v) is 3.87. The minimum atomic E-state index is -4.52. The second kappa shape index (κ2) is 9.89. The monoisotopic (exact) mass is 493 g/mol. The molecule has 0 atom stereocenters. The van der Waals surface area contributed by atoms with Crippen molar-refractivity contribution >= 4 is 23.3 Å². The van der Waals surface area contributed by atoms with Gasteiger partial charge in [-0.2, -0.15) is 13.2 Å². The number of ether oxygens (including phenoxy) is 1. The topological polar surface area (TPSA) is 45.7 Å². The molecule has 0 radical (unpaired) electrons. The number of alkyl halides is 3. The maximum Gasteiger partial charge on any atom is 0.417 e. The SMILES string of the molecule is O=C(c1cccc(OCc2ccc(F)cc2)c1)N1CCN(c2ncc(C(F)(F)F)cc2Cl)CC1. The molecule has 0 spiro atoms. The number of benzene rings is 2. The van der Waals surface area contributed by atoms with Crippen LogP contribution in [0.3, 0.4) is 0 Å². The van der Waals surface area contributed by atoms with Crippen molar-refractivity contribution in [3.63, 3.8) is 0 Å². The smallest absolute Gasteiger partial charge is 0.417 e. The lowest BCUT2D eigenvalue weighted by molar-refractivity contribution is -0.137. The quantitative estimate of drug-likeness (QED) is 0.444. The van der Waals surface area contributed by atoms with Gasteiger partial charge in [0.25, 0.3) is 5.91 Å². The van der Waals surface area contributed by atoms with Crippen LogP contribution in [0.4, 0.5) is 23.4 Å². The molecule has 3 aromatic rings. The fourth-order valence-electron chi connectivity index (χ4n) is 3.59. The lowest BCUT2D eigenvalue weighted by Crippen LogP contribution is -2.49. The summed E-state index contributed by atoms with van der Waals surface area (Å²) in [4.78, 5) is 20.3. The summed E-state index contributed by atoms with van der Waals surface area (Å²) in [6, 6.07) is 13.6. The van der Waals surface area contributed by atoms with Crippen LogP contribution in [-0.2, 0) is 12.8 Å². The van der Waals surface area contributed by atoms with Crippen molar-refractivity contribution in [2.45, 2.75) is 12.8 Å². The average molecular weight is 494 g/mol. The summed E-state index contributed by atoms with van der Waals surface area (Å²) in [7, 11) is 0. The Balaban J connectivity index is 1.36. The second-order valence-corrected chi connectivity index (χ2v) is 8.16. The van der Waals surface area contributed by atoms with E-state index in [1.165, 1.54) is 12.1 Å². The van der Waals surface area contributed by atoms with E-state index in [1.54, 1.807) is 46.2 Å². The van der Waals surface area contributed by atoms with Gasteiger partial charge in [0.05, 0.1) is 10.6 Å². The van der Waals surface area contributed by atoms with Crippen LogP contribution in [0.5, 0.6) is 5.75 Å². The van der Waals surface area contributed by atoms with Crippen LogP contribution in [0.15, 0.2) is 60.8 Å². The normalized spacial score (nSPS) is 14.3. The summed E-state index contributed by atoms with van der Waals surface area (Å²) in [5.74, 6) is 0.263. The maximum absolute atomic E-state index is 13.0. The number of piperazine rings is 1. The molecule has 1 amide bonds. The summed E-state index contributed by atoms with van der Waals surface area (Å²) in [6.45, 7) is 1.71. The number of amides is 1. The van der Waals surface area contributed by atoms with Gasteiger partial charge in [-0.15, -0.1) is 0 Å². The van der Waals surface area contributed by atoms with Gasteiger partial charge in [0.2, 0.25) is 0 Å². The lowest BCUT2D eigenvalue weighted by atomic mass is 10.1. The molecule has 178 valence electrons. The van der Waals surface area contributed by atoms with Crippen LogP contribution in [0.2, 0.25) is 5.02 Å². The number of pyridine rings is 1. The molecule has 0 N–H and O–H groups in total. The van der Waals surface area contributed by atoms with E-state index in [4.69, 9.17) is 16.3 Å². The Kier molecular flexibility index (Phi) is 6.92. The Bertz CT molecular complexity index is 1160. The molecule has 5 nitrogen and oxygen atoms in total. The van der Waals surface area contributed by atoms with Gasteiger partial charge in [0.1, 0.15) is 24.0 Å². The molecule has 1 aromatic heterocycles. The van der Waals surface area contributed by atoms with E-state index >= 15 is 0 Å². The summed E-state index contributed by atoms with van der Waals surface area (Å²) in [5.41, 5.74) is 0.345. The maximum atomic E-state index is 13.0. The predicted molar refractivity (Wildman–Crippen MR) is 120 cm³/mol. The molecule has 0 unspecified atom stereocenters. The van der Waals surface area contributed by atoms with Crippen LogP contribution >= 0.6 is 11.6 Å². The zero-order valence-corrected chi connectivity index (χ0v) is 18.6. The zero-order valence-electron chi connectivity index (χ0n) is 17.9. The van der Waals surface area contributed by atoms with E-state index in [9.17, 15) is 22.4 Å². The van der Waals surface area contributed by atoms with Gasteiger partial charge in [-0.25, -0.2) is 9.37 Å². The lowest BCUT2D eigenvalue weighted by Gasteiger charge is -2.36. The number of rotatable bonds is 5. The van der Waals surface area contributed by atoms with Crippen molar-refractivity contribution in [3.05, 3.63) is 88.3 Å². The van der Waals surface area contributed by atoms with Crippen LogP contribution < -0.4 is 9.64 Å². The molecule has 1 saturated heterocycles. The van der Waals surface area contributed by atoms with E-state index in [-0.39, 0.29) is 29.2 Å². The molecule has 4 rings (SSSR count). The first-order chi connectivity index (χ1) is 16.2. The molecule has 0 aliphatic carbocycles. The molecule has 2 heterocycles. The van der Waals surface area contributed by atoms with E-state index in [0.29, 0.717) is 37.5 Å². The number of carbonyl (C=O) groups is 1. The van der Waals surface area contributed by atoms with Gasteiger partial charge >= 0.3 is 6.18 Å². The van der Waals surface area contributed by atoms with Gasteiger partial charge in [-0.05, 0) is 42.0 Å². The third-order valence-corrected chi connectivity index (χ3v) is 5.69. The highest BCUT2D eigenvalue weighted by molar-refractivity contribution is 6.33. The van der Waals surface area contributed by atoms with Crippen LogP contribution in [0.1, 0.15) is 21.5 Å². The Morgan fingerprint density at radius 2 is 1.74 bits per heavy atom. The van der Waals surface area contributed by atoms with Crippen LogP contribution in [0, 0.1) is 5.82 Å². The third-order valence-electron chi connectivity index (χ3n) is 5.42. The average Bonchev–Trinajstić information content (AvgIpc) is 2.83. The fraction of sp³-hybridized carbons (Fsp3) is 0.250. The van der Waals surface area contributed by atoms with Crippen molar-refractivity contribution < 1.29 is 27.1 Å². The van der Waals surface area contributed by atoms with Gasteiger partial charge < -0.3 is 14.5 Å².